The van der Waals surface area contributed by atoms with Gasteiger partial charge in [-0.1, -0.05) is 142 Å². The second-order valence-electron chi connectivity index (χ2n) is 17.7. The van der Waals surface area contributed by atoms with Crippen LogP contribution in [0, 0.1) is 0 Å². The van der Waals surface area contributed by atoms with E-state index in [-0.39, 0.29) is 33.9 Å². The fraction of sp³-hybridized carbons (Fsp3) is 0.762. The van der Waals surface area contributed by atoms with Crippen LogP contribution < -0.4 is 0 Å². The van der Waals surface area contributed by atoms with Crippen molar-refractivity contribution >= 4 is 50.8 Å². The molecule has 0 N–H and O–H groups in total. The first-order chi connectivity index (χ1) is 23.1. The van der Waals surface area contributed by atoms with Crippen molar-refractivity contribution < 1.29 is 18.4 Å². The maximum absolute atomic E-state index is 12.2. The Bertz CT molecular complexity index is 1110. The van der Waals surface area contributed by atoms with Crippen molar-refractivity contribution in [3.63, 3.8) is 0 Å². The molecule has 0 saturated carbocycles. The summed E-state index contributed by atoms with van der Waals surface area (Å²) in [5.74, 6) is 2.79. The minimum Gasteiger partial charge on any atom is -0.410 e. The van der Waals surface area contributed by atoms with Crippen LogP contribution in [0.1, 0.15) is 139 Å². The summed E-state index contributed by atoms with van der Waals surface area (Å²) in [5.41, 5.74) is 1.81. The van der Waals surface area contributed by atoms with E-state index in [0.29, 0.717) is 18.2 Å². The predicted octanol–water partition coefficient (Wildman–Crippen LogP) is 13.7. The Morgan fingerprint density at radius 3 is 1.50 bits per heavy atom. The zero-order chi connectivity index (χ0) is 38.6. The van der Waals surface area contributed by atoms with Crippen LogP contribution in [-0.2, 0) is 18.4 Å². The minimum absolute atomic E-state index is 0.000872. The quantitative estimate of drug-likeness (QED) is 0.0600. The molecule has 4 nitrogen and oxygen atoms in total. The molecule has 2 rings (SSSR count). The third kappa shape index (κ3) is 20.4. The Morgan fingerprint density at radius 2 is 1.12 bits per heavy atom. The van der Waals surface area contributed by atoms with Gasteiger partial charge in [0.2, 0.25) is 0 Å². The molecule has 2 atom stereocenters. The number of allylic oxidation sites excluding steroid dienone is 5. The summed E-state index contributed by atoms with van der Waals surface area (Å²) in [7, 11) is -3.55. The maximum Gasteiger partial charge on any atom is 0.192 e. The van der Waals surface area contributed by atoms with E-state index in [9.17, 15) is 9.59 Å². The van der Waals surface area contributed by atoms with Crippen molar-refractivity contribution in [2.75, 3.05) is 5.33 Å². The predicted molar refractivity (Wildman–Crippen MR) is 231 cm³/mol. The third-order valence-electron chi connectivity index (χ3n) is 10.4. The summed E-state index contributed by atoms with van der Waals surface area (Å²) in [4.78, 5) is 23.7. The largest absolute Gasteiger partial charge is 0.410 e. The first kappa shape index (κ1) is 49.2. The van der Waals surface area contributed by atoms with Crippen molar-refractivity contribution in [2.45, 2.75) is 201 Å². The fourth-order valence-corrected chi connectivity index (χ4v) is 8.04. The van der Waals surface area contributed by atoms with E-state index in [2.05, 4.69) is 141 Å². The van der Waals surface area contributed by atoms with Gasteiger partial charge in [0.25, 0.3) is 0 Å². The Labute approximate surface area is 321 Å². The summed E-state index contributed by atoms with van der Waals surface area (Å²) in [6, 6.07) is 0. The van der Waals surface area contributed by atoms with Crippen LogP contribution in [0.5, 0.6) is 0 Å². The molecule has 8 heteroatoms. The standard InChI is InChI=1S/C20H36O2Si.C12H21BrO2Si.C10H21B/c1-7-8-9-10-11-12-13-14-17-15-18(16-19(17)21)22-23(5,6)20(2,3)4;1-12(2,3)16(4,5)15-10-6-9(8-13)11(14)7-10;1-4-5-6-7-8-9-10-11(2)3/h12-13,15,18H,7-11,14,16H2,1-6H3;6,10H,7-8H2,1-5H3;9-10H,4-8H2,1-3H3/b13-12-;;10-9-. The van der Waals surface area contributed by atoms with Gasteiger partial charge in [0, 0.05) is 23.7 Å². The molecule has 2 aliphatic rings. The van der Waals surface area contributed by atoms with Crippen LogP contribution in [0.3, 0.4) is 0 Å². The smallest absolute Gasteiger partial charge is 0.192 e. The van der Waals surface area contributed by atoms with Crippen molar-refractivity contribution in [1.29, 1.82) is 0 Å². The number of Topliss-reactive ketones (excluding diaryl/α,β-unsaturated/α-hetero) is 2. The molecule has 0 bridgehead atoms. The average molecular weight is 794 g/mol. The molecule has 0 aliphatic heterocycles. The van der Waals surface area contributed by atoms with E-state index in [4.69, 9.17) is 8.85 Å². The second-order valence-corrected chi connectivity index (χ2v) is 27.7. The fourth-order valence-electron chi connectivity index (χ4n) is 5.02. The van der Waals surface area contributed by atoms with Crippen LogP contribution in [0.25, 0.3) is 0 Å². The molecule has 0 aromatic rings. The maximum atomic E-state index is 12.2. The lowest BCUT2D eigenvalue weighted by atomic mass is 9.55. The second kappa shape index (κ2) is 24.5. The Kier molecular flexibility index (Phi) is 24.1. The lowest BCUT2D eigenvalue weighted by Gasteiger charge is -2.37. The van der Waals surface area contributed by atoms with Crippen LogP contribution in [0.4, 0.5) is 0 Å². The van der Waals surface area contributed by atoms with E-state index >= 15 is 0 Å². The summed E-state index contributed by atoms with van der Waals surface area (Å²) < 4.78 is 12.5. The highest BCUT2D eigenvalue weighted by Crippen LogP contribution is 2.40. The summed E-state index contributed by atoms with van der Waals surface area (Å²) in [5, 5.41) is 1.02. The SMILES string of the molecule is CC(C)(C)[Si](C)(C)OC1C=C(CBr)C(=O)C1.CCCCCC/C=C\B(C)C.CCCCCC/C=C\CC1=CC(O[Si](C)(C)C(C)(C)C)CC1=O. The minimum atomic E-state index is -1.80. The molecule has 0 spiro atoms. The van der Waals surface area contributed by atoms with Gasteiger partial charge in [-0.2, -0.15) is 0 Å². The molecule has 2 unspecified atom stereocenters. The van der Waals surface area contributed by atoms with E-state index in [0.717, 1.165) is 30.7 Å². The zero-order valence-corrected chi connectivity index (χ0v) is 38.7. The monoisotopic (exact) mass is 792 g/mol. The number of rotatable bonds is 18. The first-order valence-corrected chi connectivity index (χ1v) is 26.8. The Hall–Kier alpha value is -0.801. The molecule has 0 heterocycles. The van der Waals surface area contributed by atoms with Gasteiger partial charge in [0.15, 0.2) is 34.9 Å². The molecule has 0 aromatic carbocycles. The van der Waals surface area contributed by atoms with Gasteiger partial charge in [-0.05, 0) is 86.1 Å². The highest BCUT2D eigenvalue weighted by atomic mass is 79.9. The number of carbonyl (C=O) groups excluding carboxylic acids is 2. The number of ketones is 2. The molecular formula is C42H78BBrO4Si2. The Balaban J connectivity index is 0.000000774. The number of carbonyl (C=O) groups is 2. The molecule has 50 heavy (non-hydrogen) atoms. The molecular weight excluding hydrogens is 715 g/mol. The number of hydrogen-bond acceptors (Lipinski definition) is 4. The number of hydrogen-bond donors (Lipinski definition) is 0. The van der Waals surface area contributed by atoms with Crippen molar-refractivity contribution in [3.05, 3.63) is 47.5 Å². The number of halogens is 1. The highest BCUT2D eigenvalue weighted by Gasteiger charge is 2.41. The van der Waals surface area contributed by atoms with Crippen molar-refractivity contribution in [2.24, 2.45) is 0 Å². The van der Waals surface area contributed by atoms with Crippen LogP contribution >= 0.6 is 15.9 Å². The van der Waals surface area contributed by atoms with Crippen molar-refractivity contribution in [3.8, 4) is 0 Å². The van der Waals surface area contributed by atoms with Gasteiger partial charge in [-0.3, -0.25) is 9.59 Å². The summed E-state index contributed by atoms with van der Waals surface area (Å²) >= 11 is 3.33. The average Bonchev–Trinajstić information content (AvgIpc) is 3.52. The number of unbranched alkanes of at least 4 members (excludes halogenated alkanes) is 8. The normalized spacial score (nSPS) is 18.6. The molecule has 0 radical (unpaired) electrons. The molecule has 0 aromatic heterocycles. The van der Waals surface area contributed by atoms with Crippen molar-refractivity contribution in [1.82, 2.24) is 0 Å². The third-order valence-corrected chi connectivity index (χ3v) is 20.0. The van der Waals surface area contributed by atoms with Crippen LogP contribution in [0.15, 0.2) is 47.5 Å². The molecule has 288 valence electrons. The topological polar surface area (TPSA) is 52.6 Å². The van der Waals surface area contributed by atoms with Gasteiger partial charge in [0.05, 0.1) is 12.2 Å². The van der Waals surface area contributed by atoms with E-state index in [1.165, 1.54) is 57.8 Å². The zero-order valence-electron chi connectivity index (χ0n) is 35.1. The lowest BCUT2D eigenvalue weighted by Crippen LogP contribution is -2.43. The van der Waals surface area contributed by atoms with E-state index in [1.54, 1.807) is 0 Å². The number of alkyl halides is 1. The Morgan fingerprint density at radius 1 is 0.700 bits per heavy atom. The van der Waals surface area contributed by atoms with Crippen LogP contribution in [-0.4, -0.2) is 52.5 Å². The van der Waals surface area contributed by atoms with Gasteiger partial charge >= 0.3 is 0 Å². The highest BCUT2D eigenvalue weighted by molar-refractivity contribution is 9.09. The molecule has 0 saturated heterocycles. The van der Waals surface area contributed by atoms with E-state index in [1.807, 2.05) is 6.08 Å². The van der Waals surface area contributed by atoms with Gasteiger partial charge in [-0.15, -0.1) is 5.98 Å². The molecule has 0 amide bonds. The van der Waals surface area contributed by atoms with Crippen LogP contribution in [0.2, 0.25) is 49.9 Å². The van der Waals surface area contributed by atoms with Gasteiger partial charge in [-0.25, -0.2) is 0 Å². The summed E-state index contributed by atoms with van der Waals surface area (Å²) in [6.07, 6.45) is 25.7. The van der Waals surface area contributed by atoms with Gasteiger partial charge in [0.1, 0.15) is 0 Å². The summed E-state index contributed by atoms with van der Waals surface area (Å²) in [6.45, 7) is 32.0. The van der Waals surface area contributed by atoms with Gasteiger partial charge < -0.3 is 8.85 Å². The lowest BCUT2D eigenvalue weighted by molar-refractivity contribution is -0.116. The van der Waals surface area contributed by atoms with E-state index < -0.39 is 16.6 Å². The first-order valence-electron chi connectivity index (χ1n) is 19.8. The molecule has 0 fully saturated rings. The molecule has 2 aliphatic carbocycles.